The molecule has 77 heavy (non-hydrogen) atoms. The SMILES string of the molecule is COc1ccc(/C=C/C(=O)c2c(O)c(OC)c(C)c(C)c2OC)cc1C.COc1ccc(/C=C/C(=O)c2c(O)cc(C)c(C)c2OC)cc1OC.COc1ccc(C2CC(=O)c3c(O)c(C)c(C)c(OC)c3O2)cc1OC. The third-order valence-electron chi connectivity index (χ3n) is 13.3. The Hall–Kier alpha value is -8.79. The number of carbonyl (C=O) groups excluding carboxylic acids is 3. The van der Waals surface area contributed by atoms with Crippen molar-refractivity contribution in [2.24, 2.45) is 0 Å². The zero-order chi connectivity index (χ0) is 57.0. The summed E-state index contributed by atoms with van der Waals surface area (Å²) in [5.41, 5.74) is 8.31. The first-order chi connectivity index (χ1) is 36.7. The van der Waals surface area contributed by atoms with Crippen LogP contribution in [0.15, 0.2) is 72.8 Å². The fraction of sp³-hybridized carbons (Fsp3) is 0.295. The Morgan fingerprint density at radius 3 is 1.48 bits per heavy atom. The van der Waals surface area contributed by atoms with Crippen LogP contribution in [0.1, 0.15) is 99.2 Å². The summed E-state index contributed by atoms with van der Waals surface area (Å²) in [7, 11) is 13.8. The van der Waals surface area contributed by atoms with Crippen molar-refractivity contribution in [2.45, 2.75) is 61.0 Å². The molecule has 16 nitrogen and oxygen atoms in total. The molecule has 1 atom stereocenters. The van der Waals surface area contributed by atoms with Crippen LogP contribution in [0.4, 0.5) is 0 Å². The average Bonchev–Trinajstić information content (AvgIpc) is 3.44. The minimum atomic E-state index is -0.509. The van der Waals surface area contributed by atoms with Crippen LogP contribution in [0.5, 0.6) is 74.7 Å². The summed E-state index contributed by atoms with van der Waals surface area (Å²) in [4.78, 5) is 38.1. The summed E-state index contributed by atoms with van der Waals surface area (Å²) in [5.74, 6) is 3.63. The summed E-state index contributed by atoms with van der Waals surface area (Å²) < 4.78 is 53.8. The molecule has 1 heterocycles. The number of allylic oxidation sites excluding steroid dienone is 2. The van der Waals surface area contributed by atoms with E-state index < -0.39 is 6.10 Å². The van der Waals surface area contributed by atoms with E-state index in [4.69, 9.17) is 47.4 Å². The first kappa shape index (κ1) is 59.1. The quantitative estimate of drug-likeness (QED) is 0.0609. The number of methoxy groups -OCH3 is 9. The molecule has 0 saturated heterocycles. The highest BCUT2D eigenvalue weighted by Gasteiger charge is 2.35. The monoisotopic (exact) mass is 1060 g/mol. The fourth-order valence-electron chi connectivity index (χ4n) is 8.73. The lowest BCUT2D eigenvalue weighted by molar-refractivity contribution is 0.0835. The van der Waals surface area contributed by atoms with Gasteiger partial charge >= 0.3 is 0 Å². The van der Waals surface area contributed by atoms with Crippen molar-refractivity contribution in [3.63, 3.8) is 0 Å². The van der Waals surface area contributed by atoms with Crippen molar-refractivity contribution in [1.29, 1.82) is 0 Å². The summed E-state index contributed by atoms with van der Waals surface area (Å²) in [6, 6.07) is 17.9. The average molecular weight is 1060 g/mol. The van der Waals surface area contributed by atoms with Crippen molar-refractivity contribution in [3.8, 4) is 74.7 Å². The highest BCUT2D eigenvalue weighted by Crippen LogP contribution is 2.49. The van der Waals surface area contributed by atoms with Crippen molar-refractivity contribution in [1.82, 2.24) is 0 Å². The molecule has 0 fully saturated rings. The van der Waals surface area contributed by atoms with Gasteiger partial charge in [0, 0.05) is 11.1 Å². The summed E-state index contributed by atoms with van der Waals surface area (Å²) in [6.07, 6.45) is 5.75. The van der Waals surface area contributed by atoms with Gasteiger partial charge in [-0.25, -0.2) is 0 Å². The highest BCUT2D eigenvalue weighted by molar-refractivity contribution is 6.12. The maximum absolute atomic E-state index is 12.8. The van der Waals surface area contributed by atoms with Gasteiger partial charge in [-0.1, -0.05) is 30.4 Å². The topological polar surface area (TPSA) is 204 Å². The number of aryl methyl sites for hydroxylation is 2. The van der Waals surface area contributed by atoms with Gasteiger partial charge in [0.1, 0.15) is 51.5 Å². The Kier molecular flexibility index (Phi) is 20.0. The van der Waals surface area contributed by atoms with Gasteiger partial charge in [0.15, 0.2) is 63.3 Å². The van der Waals surface area contributed by atoms with Gasteiger partial charge in [0.2, 0.25) is 0 Å². The van der Waals surface area contributed by atoms with E-state index in [-0.39, 0.29) is 69.2 Å². The zero-order valence-electron chi connectivity index (χ0n) is 46.5. The number of fused-ring (bicyclic) bond motifs is 1. The predicted molar refractivity (Wildman–Crippen MR) is 295 cm³/mol. The highest BCUT2D eigenvalue weighted by atomic mass is 16.5. The number of aromatic hydroxyl groups is 3. The Balaban J connectivity index is 0.000000213. The van der Waals surface area contributed by atoms with Crippen molar-refractivity contribution >= 4 is 29.5 Å². The second-order valence-electron chi connectivity index (χ2n) is 17.7. The molecule has 0 aromatic heterocycles. The van der Waals surface area contributed by atoms with Crippen LogP contribution >= 0.6 is 0 Å². The third kappa shape index (κ3) is 12.7. The summed E-state index contributed by atoms with van der Waals surface area (Å²) >= 11 is 0. The van der Waals surface area contributed by atoms with Crippen LogP contribution in [-0.2, 0) is 0 Å². The molecule has 0 bridgehead atoms. The molecule has 3 N–H and O–H groups in total. The number of Topliss-reactive ketones (excluding diaryl/α,β-unsaturated/α-hetero) is 1. The van der Waals surface area contributed by atoms with Gasteiger partial charge in [0.05, 0.1) is 70.4 Å². The summed E-state index contributed by atoms with van der Waals surface area (Å²) in [6.45, 7) is 12.8. The van der Waals surface area contributed by atoms with E-state index in [1.54, 1.807) is 91.9 Å². The van der Waals surface area contributed by atoms with E-state index in [1.807, 2.05) is 65.0 Å². The molecule has 1 aliphatic rings. The van der Waals surface area contributed by atoms with Crippen LogP contribution in [0.25, 0.3) is 12.2 Å². The molecule has 0 spiro atoms. The number of ether oxygens (including phenoxy) is 10. The largest absolute Gasteiger partial charge is 0.507 e. The van der Waals surface area contributed by atoms with Gasteiger partial charge in [-0.2, -0.15) is 0 Å². The molecule has 6 aromatic carbocycles. The summed E-state index contributed by atoms with van der Waals surface area (Å²) in [5, 5.41) is 31.1. The van der Waals surface area contributed by atoms with Crippen molar-refractivity contribution < 1.29 is 77.1 Å². The standard InChI is InChI=1S/C21H24O5.C20H22O6.C20H22O5/c1-12-11-15(8-10-17(12)24-4)7-9-16(22)18-19(23)21(26-6)14(3)13(2)20(18)25-5;1-10-11(2)19(25-5)20-17(18(10)22)13(21)9-15(26-20)12-6-7-14(23-3)16(8-12)24-4;1-12-10-16(22)19(20(25-5)13(12)2)15(21)8-6-14-7-9-17(23-3)18(11-14)24-4/h7-11,23H,1-6H3;6-8,15,22H,9H2,1-5H3;6-11,22H,1-5H3/b9-7+;;8-6+. The number of phenolic OH excluding ortho intramolecular Hbond substituents is 3. The number of ketones is 3. The smallest absolute Gasteiger partial charge is 0.193 e. The maximum atomic E-state index is 12.8. The second-order valence-corrected chi connectivity index (χ2v) is 17.7. The first-order valence-electron chi connectivity index (χ1n) is 24.1. The molecule has 408 valence electrons. The normalized spacial score (nSPS) is 12.5. The molecule has 6 aromatic rings. The Bertz CT molecular complexity index is 3240. The van der Waals surface area contributed by atoms with Gasteiger partial charge < -0.3 is 62.7 Å². The molecule has 1 unspecified atom stereocenters. The number of benzene rings is 6. The molecule has 1 aliphatic heterocycles. The van der Waals surface area contributed by atoms with Crippen molar-refractivity contribution in [3.05, 3.63) is 145 Å². The number of hydrogen-bond acceptors (Lipinski definition) is 16. The van der Waals surface area contributed by atoms with Crippen LogP contribution in [-0.4, -0.2) is 96.7 Å². The van der Waals surface area contributed by atoms with E-state index >= 15 is 0 Å². The van der Waals surface area contributed by atoms with E-state index in [2.05, 4.69) is 0 Å². The third-order valence-corrected chi connectivity index (χ3v) is 13.3. The molecule has 0 radical (unpaired) electrons. The molecule has 16 heteroatoms. The Labute approximate surface area is 449 Å². The minimum absolute atomic E-state index is 0.0472. The molecular weight excluding hydrogens is 989 g/mol. The molecule has 7 rings (SSSR count). The van der Waals surface area contributed by atoms with Gasteiger partial charge in [-0.05, 0) is 148 Å². The minimum Gasteiger partial charge on any atom is -0.507 e. The van der Waals surface area contributed by atoms with Crippen LogP contribution in [0, 0.1) is 48.5 Å². The number of hydrogen-bond donors (Lipinski definition) is 3. The number of rotatable bonds is 16. The number of carbonyl (C=O) groups is 3. The second kappa shape index (κ2) is 26.1. The molecule has 0 saturated carbocycles. The van der Waals surface area contributed by atoms with Crippen LogP contribution in [0.3, 0.4) is 0 Å². The van der Waals surface area contributed by atoms with E-state index in [0.717, 1.165) is 55.8 Å². The zero-order valence-corrected chi connectivity index (χ0v) is 46.5. The molecular formula is C61H68O16. The first-order valence-corrected chi connectivity index (χ1v) is 24.1. The van der Waals surface area contributed by atoms with Crippen LogP contribution in [0.2, 0.25) is 0 Å². The van der Waals surface area contributed by atoms with E-state index in [0.29, 0.717) is 45.8 Å². The Morgan fingerprint density at radius 2 is 0.948 bits per heavy atom. The maximum Gasteiger partial charge on any atom is 0.193 e. The van der Waals surface area contributed by atoms with Crippen molar-refractivity contribution in [2.75, 3.05) is 64.0 Å². The lowest BCUT2D eigenvalue weighted by Gasteiger charge is -2.29. The van der Waals surface area contributed by atoms with Gasteiger partial charge in [0.25, 0.3) is 0 Å². The lowest BCUT2D eigenvalue weighted by Crippen LogP contribution is -2.22. The van der Waals surface area contributed by atoms with Gasteiger partial charge in [-0.15, -0.1) is 0 Å². The van der Waals surface area contributed by atoms with E-state index in [9.17, 15) is 29.7 Å². The van der Waals surface area contributed by atoms with E-state index in [1.165, 1.54) is 40.6 Å². The fourth-order valence-corrected chi connectivity index (χ4v) is 8.73. The Morgan fingerprint density at radius 1 is 0.481 bits per heavy atom. The van der Waals surface area contributed by atoms with Crippen LogP contribution < -0.4 is 47.4 Å². The lowest BCUT2D eigenvalue weighted by atomic mass is 9.92. The molecule has 0 amide bonds. The van der Waals surface area contributed by atoms with Gasteiger partial charge in [-0.3, -0.25) is 14.4 Å². The predicted octanol–water partition coefficient (Wildman–Crippen LogP) is 11.9. The molecule has 0 aliphatic carbocycles. The number of phenols is 3.